The van der Waals surface area contributed by atoms with E-state index in [1.54, 1.807) is 12.4 Å². The minimum absolute atomic E-state index is 0.160. The summed E-state index contributed by atoms with van der Waals surface area (Å²) >= 11 is 0. The zero-order valence-corrected chi connectivity index (χ0v) is 13.4. The number of carbonyl (C=O) groups is 1. The molecule has 1 aliphatic rings. The molecule has 2 aromatic rings. The summed E-state index contributed by atoms with van der Waals surface area (Å²) in [6.07, 6.45) is 12.3. The average Bonchev–Trinajstić information content (AvgIpc) is 2.62. The van der Waals surface area contributed by atoms with Crippen molar-refractivity contribution in [3.8, 4) is 11.3 Å². The third-order valence-electron chi connectivity index (χ3n) is 4.47. The summed E-state index contributed by atoms with van der Waals surface area (Å²) in [7, 11) is 0. The van der Waals surface area contributed by atoms with Gasteiger partial charge in [-0.3, -0.25) is 14.8 Å². The zero-order chi connectivity index (χ0) is 15.9. The van der Waals surface area contributed by atoms with Crippen molar-refractivity contribution >= 4 is 5.91 Å². The molecule has 1 amide bonds. The van der Waals surface area contributed by atoms with Gasteiger partial charge in [0.2, 0.25) is 5.91 Å². The second-order valence-corrected chi connectivity index (χ2v) is 6.28. The molecule has 0 saturated heterocycles. The first-order valence-electron chi connectivity index (χ1n) is 8.43. The summed E-state index contributed by atoms with van der Waals surface area (Å²) in [6, 6.07) is 7.87. The van der Waals surface area contributed by atoms with Gasteiger partial charge in [0.25, 0.3) is 0 Å². The fourth-order valence-corrected chi connectivity index (χ4v) is 3.14. The van der Waals surface area contributed by atoms with Gasteiger partial charge in [0.15, 0.2) is 0 Å². The van der Waals surface area contributed by atoms with Gasteiger partial charge in [-0.25, -0.2) is 0 Å². The highest BCUT2D eigenvalue weighted by Gasteiger charge is 2.16. The quantitative estimate of drug-likeness (QED) is 0.915. The number of hydrogen-bond acceptors (Lipinski definition) is 3. The summed E-state index contributed by atoms with van der Waals surface area (Å²) < 4.78 is 0. The molecule has 23 heavy (non-hydrogen) atoms. The zero-order valence-electron chi connectivity index (χ0n) is 13.4. The number of nitrogens with one attached hydrogen (secondary N) is 1. The third kappa shape index (κ3) is 4.62. The van der Waals surface area contributed by atoms with Gasteiger partial charge in [0.1, 0.15) is 0 Å². The second-order valence-electron chi connectivity index (χ2n) is 6.28. The minimum atomic E-state index is 0.160. The smallest absolute Gasteiger partial charge is 0.220 e. The molecule has 4 nitrogen and oxygen atoms in total. The van der Waals surface area contributed by atoms with Gasteiger partial charge in [-0.15, -0.1) is 0 Å². The summed E-state index contributed by atoms with van der Waals surface area (Å²) in [5.41, 5.74) is 2.92. The Kier molecular flexibility index (Phi) is 5.35. The highest BCUT2D eigenvalue weighted by molar-refractivity contribution is 5.76. The van der Waals surface area contributed by atoms with E-state index >= 15 is 0 Å². The van der Waals surface area contributed by atoms with Crippen molar-refractivity contribution in [3.05, 3.63) is 48.4 Å². The summed E-state index contributed by atoms with van der Waals surface area (Å²) in [5, 5.41) is 3.01. The lowest BCUT2D eigenvalue weighted by Gasteiger charge is -2.20. The van der Waals surface area contributed by atoms with E-state index in [2.05, 4.69) is 15.3 Å². The lowest BCUT2D eigenvalue weighted by Crippen LogP contribution is -2.25. The van der Waals surface area contributed by atoms with E-state index in [1.165, 1.54) is 32.1 Å². The van der Waals surface area contributed by atoms with E-state index in [0.717, 1.165) is 16.8 Å². The Balaban J connectivity index is 1.49. The molecule has 1 saturated carbocycles. The molecule has 0 unspecified atom stereocenters. The van der Waals surface area contributed by atoms with E-state index in [4.69, 9.17) is 0 Å². The maximum Gasteiger partial charge on any atom is 0.220 e. The van der Waals surface area contributed by atoms with Crippen LogP contribution in [0.5, 0.6) is 0 Å². The number of pyridine rings is 2. The number of rotatable bonds is 5. The fraction of sp³-hybridized carbons (Fsp3) is 0.421. The van der Waals surface area contributed by atoms with Crippen LogP contribution >= 0.6 is 0 Å². The molecule has 3 rings (SSSR count). The Bertz CT molecular complexity index is 619. The van der Waals surface area contributed by atoms with Crippen LogP contribution in [0.1, 0.15) is 44.1 Å². The molecule has 0 atom stereocenters. The first-order chi connectivity index (χ1) is 11.3. The van der Waals surface area contributed by atoms with Crippen molar-refractivity contribution in [2.45, 2.75) is 45.1 Å². The molecule has 0 bridgehead atoms. The lowest BCUT2D eigenvalue weighted by atomic mass is 9.87. The summed E-state index contributed by atoms with van der Waals surface area (Å²) in [4.78, 5) is 20.6. The highest BCUT2D eigenvalue weighted by Crippen LogP contribution is 2.26. The monoisotopic (exact) mass is 309 g/mol. The van der Waals surface area contributed by atoms with Crippen LogP contribution < -0.4 is 5.32 Å². The number of nitrogens with zero attached hydrogens (tertiary/aromatic N) is 2. The van der Waals surface area contributed by atoms with E-state index in [0.29, 0.717) is 18.9 Å². The fourth-order valence-electron chi connectivity index (χ4n) is 3.14. The number of hydrogen-bond donors (Lipinski definition) is 1. The summed E-state index contributed by atoms with van der Waals surface area (Å²) in [5.74, 6) is 0.739. The van der Waals surface area contributed by atoms with Crippen molar-refractivity contribution in [1.29, 1.82) is 0 Å². The van der Waals surface area contributed by atoms with Gasteiger partial charge in [-0.2, -0.15) is 0 Å². The Morgan fingerprint density at radius 3 is 2.70 bits per heavy atom. The van der Waals surface area contributed by atoms with Gasteiger partial charge in [0.05, 0.1) is 5.69 Å². The molecule has 2 aromatic heterocycles. The van der Waals surface area contributed by atoms with Crippen LogP contribution in [-0.4, -0.2) is 15.9 Å². The molecule has 0 spiro atoms. The predicted octanol–water partition coefficient (Wildman–Crippen LogP) is 3.73. The minimum Gasteiger partial charge on any atom is -0.352 e. The molecule has 1 N–H and O–H groups in total. The average molecular weight is 309 g/mol. The lowest BCUT2D eigenvalue weighted by molar-refractivity contribution is -0.122. The van der Waals surface area contributed by atoms with Crippen molar-refractivity contribution < 1.29 is 4.79 Å². The molecule has 2 heterocycles. The Morgan fingerprint density at radius 1 is 1.13 bits per heavy atom. The van der Waals surface area contributed by atoms with Crippen LogP contribution in [0.4, 0.5) is 0 Å². The van der Waals surface area contributed by atoms with Crippen LogP contribution in [0.15, 0.2) is 42.9 Å². The largest absolute Gasteiger partial charge is 0.352 e. The molecular weight excluding hydrogens is 286 g/mol. The van der Waals surface area contributed by atoms with Crippen LogP contribution in [0.25, 0.3) is 11.3 Å². The topological polar surface area (TPSA) is 54.9 Å². The van der Waals surface area contributed by atoms with Gasteiger partial charge < -0.3 is 5.32 Å². The summed E-state index contributed by atoms with van der Waals surface area (Å²) in [6.45, 7) is 0.547. The number of carbonyl (C=O) groups excluding carboxylic acids is 1. The van der Waals surface area contributed by atoms with Crippen molar-refractivity contribution in [1.82, 2.24) is 15.3 Å². The van der Waals surface area contributed by atoms with Gasteiger partial charge in [-0.1, -0.05) is 25.3 Å². The Morgan fingerprint density at radius 2 is 2.00 bits per heavy atom. The maximum absolute atomic E-state index is 12.0. The number of aromatic nitrogens is 2. The van der Waals surface area contributed by atoms with Gasteiger partial charge >= 0.3 is 0 Å². The molecule has 1 fully saturated rings. The first kappa shape index (κ1) is 15.7. The van der Waals surface area contributed by atoms with Crippen LogP contribution in [-0.2, 0) is 11.3 Å². The molecule has 0 aliphatic heterocycles. The van der Waals surface area contributed by atoms with E-state index in [-0.39, 0.29) is 5.91 Å². The molecular formula is C19H23N3O. The van der Waals surface area contributed by atoms with E-state index in [1.807, 2.05) is 30.5 Å². The molecule has 4 heteroatoms. The Labute approximate surface area is 137 Å². The molecule has 1 aliphatic carbocycles. The van der Waals surface area contributed by atoms with Crippen molar-refractivity contribution in [2.75, 3.05) is 0 Å². The standard InChI is InChI=1S/C19H23N3O/c23-19(11-15-5-2-1-3-6-15)22-13-16-8-9-18(21-12-16)17-7-4-10-20-14-17/h4,7-10,12,14-15H,1-3,5-6,11,13H2,(H,22,23). The van der Waals surface area contributed by atoms with Crippen LogP contribution in [0.2, 0.25) is 0 Å². The van der Waals surface area contributed by atoms with E-state index < -0.39 is 0 Å². The maximum atomic E-state index is 12.0. The molecule has 0 radical (unpaired) electrons. The van der Waals surface area contributed by atoms with Crippen LogP contribution in [0, 0.1) is 5.92 Å². The van der Waals surface area contributed by atoms with Crippen LogP contribution in [0.3, 0.4) is 0 Å². The van der Waals surface area contributed by atoms with E-state index in [9.17, 15) is 4.79 Å². The second kappa shape index (κ2) is 7.86. The molecule has 0 aromatic carbocycles. The predicted molar refractivity (Wildman–Crippen MR) is 90.5 cm³/mol. The van der Waals surface area contributed by atoms with Crippen molar-refractivity contribution in [2.24, 2.45) is 5.92 Å². The van der Waals surface area contributed by atoms with Gasteiger partial charge in [-0.05, 0) is 42.5 Å². The first-order valence-corrected chi connectivity index (χ1v) is 8.43. The number of amides is 1. The van der Waals surface area contributed by atoms with Crippen molar-refractivity contribution in [3.63, 3.8) is 0 Å². The highest BCUT2D eigenvalue weighted by atomic mass is 16.1. The normalized spacial score (nSPS) is 15.3. The Hall–Kier alpha value is -2.23. The SMILES string of the molecule is O=C(CC1CCCCC1)NCc1ccc(-c2cccnc2)nc1. The molecule has 120 valence electrons. The third-order valence-corrected chi connectivity index (χ3v) is 4.47. The van der Waals surface area contributed by atoms with Gasteiger partial charge in [0, 0.05) is 37.1 Å².